The summed E-state index contributed by atoms with van der Waals surface area (Å²) in [6.07, 6.45) is 2.28. The second kappa shape index (κ2) is 5.35. The summed E-state index contributed by atoms with van der Waals surface area (Å²) in [5, 5.41) is 2.64. The Balaban J connectivity index is 2.06. The summed E-state index contributed by atoms with van der Waals surface area (Å²) in [6, 6.07) is 0. The van der Waals surface area contributed by atoms with Crippen LogP contribution >= 0.6 is 0 Å². The van der Waals surface area contributed by atoms with Gasteiger partial charge in [0.1, 0.15) is 15.4 Å². The number of nitrogens with zero attached hydrogens (tertiary/aromatic N) is 1. The van der Waals surface area contributed by atoms with Crippen molar-refractivity contribution in [3.8, 4) is 0 Å². The number of piperazine rings is 1. The highest BCUT2D eigenvalue weighted by Crippen LogP contribution is 2.44. The van der Waals surface area contributed by atoms with Gasteiger partial charge in [-0.15, -0.1) is 0 Å². The highest BCUT2D eigenvalue weighted by Gasteiger charge is 2.54. The number of hydrogen-bond acceptors (Lipinski definition) is 4. The third-order valence-corrected chi connectivity index (χ3v) is 6.16. The van der Waals surface area contributed by atoms with Gasteiger partial charge in [0.05, 0.1) is 12.3 Å². The molecule has 0 spiro atoms. The molecule has 2 rings (SSSR count). The molecule has 0 aromatic carbocycles. The summed E-state index contributed by atoms with van der Waals surface area (Å²) in [4.78, 5) is 25.8. The SMILES string of the molecule is CCS(=O)(=O)CCCN1C(=O)CNC(=O)C1(C)C1CC1. The molecule has 1 saturated carbocycles. The van der Waals surface area contributed by atoms with Gasteiger partial charge in [-0.3, -0.25) is 9.59 Å². The van der Waals surface area contributed by atoms with E-state index in [9.17, 15) is 18.0 Å². The van der Waals surface area contributed by atoms with Crippen molar-refractivity contribution in [3.63, 3.8) is 0 Å². The van der Waals surface area contributed by atoms with Crippen LogP contribution in [0.5, 0.6) is 0 Å². The minimum atomic E-state index is -3.03. The van der Waals surface area contributed by atoms with E-state index in [0.717, 1.165) is 12.8 Å². The van der Waals surface area contributed by atoms with E-state index in [1.54, 1.807) is 18.7 Å². The van der Waals surface area contributed by atoms with Crippen molar-refractivity contribution >= 4 is 21.7 Å². The average Bonchev–Trinajstić information content (AvgIpc) is 3.23. The summed E-state index contributed by atoms with van der Waals surface area (Å²) in [5.74, 6) is 0.150. The molecule has 2 fully saturated rings. The predicted octanol–water partition coefficient (Wildman–Crippen LogP) is -0.0617. The molecular weight excluding hydrogens is 280 g/mol. The molecule has 0 bridgehead atoms. The Hall–Kier alpha value is -1.11. The van der Waals surface area contributed by atoms with Gasteiger partial charge in [-0.2, -0.15) is 0 Å². The zero-order valence-electron chi connectivity index (χ0n) is 12.0. The first-order valence-electron chi connectivity index (χ1n) is 7.10. The van der Waals surface area contributed by atoms with Crippen LogP contribution in [0.3, 0.4) is 0 Å². The molecule has 1 heterocycles. The van der Waals surface area contributed by atoms with Crippen molar-refractivity contribution in [2.45, 2.75) is 38.6 Å². The smallest absolute Gasteiger partial charge is 0.246 e. The highest BCUT2D eigenvalue weighted by molar-refractivity contribution is 7.91. The molecule has 114 valence electrons. The standard InChI is InChI=1S/C13H22N2O4S/c1-3-20(18,19)8-4-7-15-11(16)9-14-12(17)13(15,2)10-5-6-10/h10H,3-9H2,1-2H3,(H,14,17). The fourth-order valence-electron chi connectivity index (χ4n) is 2.81. The van der Waals surface area contributed by atoms with Crippen LogP contribution in [0.25, 0.3) is 0 Å². The first kappa shape index (κ1) is 15.3. The molecule has 1 aliphatic carbocycles. The van der Waals surface area contributed by atoms with E-state index in [0.29, 0.717) is 13.0 Å². The van der Waals surface area contributed by atoms with Gasteiger partial charge in [0, 0.05) is 12.3 Å². The number of carbonyl (C=O) groups is 2. The molecule has 1 saturated heterocycles. The Kier molecular flexibility index (Phi) is 4.09. The number of rotatable bonds is 6. The second-order valence-electron chi connectivity index (χ2n) is 5.74. The summed E-state index contributed by atoms with van der Waals surface area (Å²) < 4.78 is 23.0. The van der Waals surface area contributed by atoms with Crippen molar-refractivity contribution in [1.29, 1.82) is 0 Å². The predicted molar refractivity (Wildman–Crippen MR) is 74.8 cm³/mol. The van der Waals surface area contributed by atoms with Gasteiger partial charge in [-0.25, -0.2) is 8.42 Å². The number of hydrogen-bond donors (Lipinski definition) is 1. The summed E-state index contributed by atoms with van der Waals surface area (Å²) in [6.45, 7) is 3.76. The third-order valence-electron chi connectivity index (χ3n) is 4.37. The molecular formula is C13H22N2O4S. The Morgan fingerprint density at radius 2 is 2.00 bits per heavy atom. The first-order chi connectivity index (χ1) is 9.31. The van der Waals surface area contributed by atoms with Crippen LogP contribution in [0.1, 0.15) is 33.1 Å². The normalized spacial score (nSPS) is 27.6. The quantitative estimate of drug-likeness (QED) is 0.745. The second-order valence-corrected chi connectivity index (χ2v) is 8.21. The van der Waals surface area contributed by atoms with Crippen molar-refractivity contribution in [1.82, 2.24) is 10.2 Å². The molecule has 1 N–H and O–H groups in total. The maximum absolute atomic E-state index is 12.1. The van der Waals surface area contributed by atoms with Crippen LogP contribution in [0.2, 0.25) is 0 Å². The van der Waals surface area contributed by atoms with E-state index in [1.807, 2.05) is 0 Å². The zero-order valence-corrected chi connectivity index (χ0v) is 12.8. The van der Waals surface area contributed by atoms with Crippen LogP contribution in [0.15, 0.2) is 0 Å². The van der Waals surface area contributed by atoms with E-state index < -0.39 is 15.4 Å². The van der Waals surface area contributed by atoms with E-state index in [2.05, 4.69) is 5.32 Å². The minimum absolute atomic E-state index is 0.0155. The highest BCUT2D eigenvalue weighted by atomic mass is 32.2. The van der Waals surface area contributed by atoms with Crippen molar-refractivity contribution in [3.05, 3.63) is 0 Å². The van der Waals surface area contributed by atoms with Gasteiger partial charge >= 0.3 is 0 Å². The lowest BCUT2D eigenvalue weighted by Gasteiger charge is -2.44. The van der Waals surface area contributed by atoms with Crippen LogP contribution < -0.4 is 5.32 Å². The van der Waals surface area contributed by atoms with Gasteiger partial charge in [0.2, 0.25) is 11.8 Å². The van der Waals surface area contributed by atoms with E-state index in [1.165, 1.54) is 0 Å². The molecule has 1 unspecified atom stereocenters. The molecule has 2 amide bonds. The molecule has 2 aliphatic rings. The number of nitrogens with one attached hydrogen (secondary N) is 1. The lowest BCUT2D eigenvalue weighted by Crippen LogP contribution is -2.67. The number of sulfone groups is 1. The maximum Gasteiger partial charge on any atom is 0.246 e. The Morgan fingerprint density at radius 3 is 2.55 bits per heavy atom. The van der Waals surface area contributed by atoms with Gasteiger partial charge < -0.3 is 10.2 Å². The third kappa shape index (κ3) is 2.82. The van der Waals surface area contributed by atoms with E-state index >= 15 is 0 Å². The van der Waals surface area contributed by atoms with Gasteiger partial charge in [0.25, 0.3) is 0 Å². The molecule has 7 heteroatoms. The van der Waals surface area contributed by atoms with E-state index in [4.69, 9.17) is 0 Å². The van der Waals surface area contributed by atoms with Crippen LogP contribution in [-0.2, 0) is 19.4 Å². The largest absolute Gasteiger partial charge is 0.345 e. The Morgan fingerprint density at radius 1 is 1.35 bits per heavy atom. The first-order valence-corrected chi connectivity index (χ1v) is 8.92. The molecule has 1 atom stereocenters. The van der Waals surface area contributed by atoms with Gasteiger partial charge in [0.15, 0.2) is 0 Å². The van der Waals surface area contributed by atoms with E-state index in [-0.39, 0.29) is 35.8 Å². The van der Waals surface area contributed by atoms with Crippen molar-refractivity contribution in [2.24, 2.45) is 5.92 Å². The zero-order chi connectivity index (χ0) is 15.0. The average molecular weight is 302 g/mol. The lowest BCUT2D eigenvalue weighted by atomic mass is 9.89. The topological polar surface area (TPSA) is 83.6 Å². The molecule has 1 aliphatic heterocycles. The molecule has 0 aromatic heterocycles. The molecule has 0 aromatic rings. The van der Waals surface area contributed by atoms with Crippen molar-refractivity contribution in [2.75, 3.05) is 24.6 Å². The fourth-order valence-corrected chi connectivity index (χ4v) is 3.66. The number of carbonyl (C=O) groups excluding carboxylic acids is 2. The fraction of sp³-hybridized carbons (Fsp3) is 0.846. The van der Waals surface area contributed by atoms with Crippen molar-refractivity contribution < 1.29 is 18.0 Å². The molecule has 20 heavy (non-hydrogen) atoms. The van der Waals surface area contributed by atoms with Gasteiger partial charge in [-0.05, 0) is 32.1 Å². The number of amides is 2. The molecule has 0 radical (unpaired) electrons. The molecule has 6 nitrogen and oxygen atoms in total. The minimum Gasteiger partial charge on any atom is -0.345 e. The van der Waals surface area contributed by atoms with Crippen LogP contribution in [0, 0.1) is 5.92 Å². The summed E-state index contributed by atoms with van der Waals surface area (Å²) >= 11 is 0. The lowest BCUT2D eigenvalue weighted by molar-refractivity contribution is -0.154. The summed E-state index contributed by atoms with van der Waals surface area (Å²) in [5.41, 5.74) is -0.800. The van der Waals surface area contributed by atoms with Crippen LogP contribution in [0.4, 0.5) is 0 Å². The Labute approximate surface area is 119 Å². The monoisotopic (exact) mass is 302 g/mol. The Bertz CT molecular complexity index is 512. The maximum atomic E-state index is 12.1. The summed E-state index contributed by atoms with van der Waals surface area (Å²) in [7, 11) is -3.03. The van der Waals surface area contributed by atoms with Gasteiger partial charge in [-0.1, -0.05) is 6.92 Å². The van der Waals surface area contributed by atoms with Crippen LogP contribution in [-0.4, -0.2) is 55.3 Å².